The average molecular weight is 1430 g/mol. The van der Waals surface area contributed by atoms with Gasteiger partial charge in [0.25, 0.3) is 0 Å². The normalized spacial score (nSPS) is 31.7. The summed E-state index contributed by atoms with van der Waals surface area (Å²) in [6.07, 6.45) is 52.7. The van der Waals surface area contributed by atoms with E-state index in [-0.39, 0.29) is 29.6 Å². The van der Waals surface area contributed by atoms with Crippen LogP contribution in [0.15, 0.2) is 169 Å². The predicted molar refractivity (Wildman–Crippen MR) is 456 cm³/mol. The second-order valence-corrected chi connectivity index (χ2v) is 40.9. The first-order valence-corrected chi connectivity index (χ1v) is 45.6. The Labute approximate surface area is 646 Å². The Balaban J connectivity index is 0.832. The van der Waals surface area contributed by atoms with E-state index in [0.717, 1.165) is 73.0 Å². The summed E-state index contributed by atoms with van der Waals surface area (Å²) in [5.41, 5.74) is 20.7. The second kappa shape index (κ2) is 29.7. The van der Waals surface area contributed by atoms with E-state index in [1.807, 2.05) is 0 Å². The summed E-state index contributed by atoms with van der Waals surface area (Å²) in [6, 6.07) is 63.9. The van der Waals surface area contributed by atoms with Gasteiger partial charge in [0.15, 0.2) is 6.71 Å². The Morgan fingerprint density at radius 3 is 1.64 bits per heavy atom. The van der Waals surface area contributed by atoms with Crippen LogP contribution in [0.1, 0.15) is 276 Å². The molecule has 7 heteroatoms. The molecule has 13 aliphatic rings. The Hall–Kier alpha value is -5.36. The zero-order valence-corrected chi connectivity index (χ0v) is 66.9. The second-order valence-electron chi connectivity index (χ2n) is 39.5. The smallest absolute Gasteiger partial charge is 0.221 e. The number of anilines is 4. The van der Waals surface area contributed by atoms with Gasteiger partial charge in [0.1, 0.15) is 0 Å². The lowest BCUT2D eigenvalue weighted by Crippen LogP contribution is -2.69. The summed E-state index contributed by atoms with van der Waals surface area (Å²) in [5, 5.41) is 1.14. The quantitative estimate of drug-likeness (QED) is 0.113. The van der Waals surface area contributed by atoms with Crippen molar-refractivity contribution in [2.24, 2.45) is 23.7 Å². The fourth-order valence-corrected chi connectivity index (χ4v) is 29.0. The SMILES string of the molecule is CC(C)(C)c1ccc(-c2cccc(-c3ccc(C(C)(C)C)cc3)c2N2C3=CC4SC5CC(N(C6CCCCC6)C6CCCCC6)CC6CC7CCCCC7B(C4C=C3B3c4ccccc4N(c4ccccc4)C4CC(N(c7cccc(C8CCCCC8)c7)C7CCC(C8CCCCC8)CC7)CC2C34)C65)cc1. The molecule has 4 nitrogen and oxygen atoms in total. The molecule has 6 aromatic carbocycles. The minimum atomic E-state index is 0.0447. The van der Waals surface area contributed by atoms with Crippen LogP contribution in [0.4, 0.5) is 22.7 Å². The van der Waals surface area contributed by atoms with Gasteiger partial charge >= 0.3 is 0 Å². The third kappa shape index (κ3) is 13.2. The van der Waals surface area contributed by atoms with Gasteiger partial charge in [-0.25, -0.2) is 0 Å². The molecule has 0 bridgehead atoms. The number of allylic oxidation sites excluding steroid dienone is 2. The molecule has 0 amide bonds. The molecule has 0 spiro atoms. The van der Waals surface area contributed by atoms with Gasteiger partial charge in [-0.15, -0.1) is 0 Å². The van der Waals surface area contributed by atoms with Crippen LogP contribution >= 0.6 is 11.8 Å². The van der Waals surface area contributed by atoms with E-state index in [4.69, 9.17) is 0 Å². The van der Waals surface area contributed by atoms with Gasteiger partial charge in [0, 0.05) is 86.7 Å². The number of hydrogen-bond acceptors (Lipinski definition) is 5. The average Bonchev–Trinajstić information content (AvgIpc) is 0.688. The Morgan fingerprint density at radius 2 is 0.991 bits per heavy atom. The molecular weight excluding hydrogens is 1300 g/mol. The van der Waals surface area contributed by atoms with Crippen molar-refractivity contribution in [2.45, 2.75) is 346 Å². The number of para-hydroxylation sites is 3. The lowest BCUT2D eigenvalue weighted by Gasteiger charge is -2.64. The predicted octanol–water partition coefficient (Wildman–Crippen LogP) is 25.7. The van der Waals surface area contributed by atoms with Crippen LogP contribution in [0.2, 0.25) is 23.3 Å². The van der Waals surface area contributed by atoms with Crippen molar-refractivity contribution in [3.8, 4) is 22.3 Å². The van der Waals surface area contributed by atoms with Crippen LogP contribution < -0.4 is 20.2 Å². The molecule has 11 fully saturated rings. The molecule has 12 atom stereocenters. The molecule has 9 aliphatic carbocycles. The summed E-state index contributed by atoms with van der Waals surface area (Å²) < 4.78 is 0. The zero-order valence-electron chi connectivity index (χ0n) is 66.1. The Kier molecular flexibility index (Phi) is 19.9. The molecule has 0 radical (unpaired) electrons. The topological polar surface area (TPSA) is 13.0 Å². The van der Waals surface area contributed by atoms with E-state index < -0.39 is 0 Å². The van der Waals surface area contributed by atoms with Gasteiger partial charge in [-0.1, -0.05) is 295 Å². The summed E-state index contributed by atoms with van der Waals surface area (Å²) >= 11 is 2.56. The maximum Gasteiger partial charge on any atom is 0.221 e. The number of rotatable bonds is 12. The molecule has 0 aromatic heterocycles. The highest BCUT2D eigenvalue weighted by atomic mass is 32.2. The number of benzene rings is 6. The highest BCUT2D eigenvalue weighted by molar-refractivity contribution is 8.01. The molecule has 8 saturated carbocycles. The number of nitrogens with zero attached hydrogens (tertiary/aromatic N) is 4. The van der Waals surface area contributed by atoms with Crippen LogP contribution in [0.5, 0.6) is 0 Å². The standard InChI is InChI=1S/C99H128B2N4S/c1-98(2,3)74-52-46-69(47-53-74)83-41-27-42-84(70-48-54-75(55-49-70)99(4,5)6)97(83)105-90-65-93-88(100-85-43-23-22-32-72(85)58-73-60-81(63-94(106-93)95(73)100)102(76-34-16-9-17-35-76)77-36-18-10-19-37-77)64-87(90)101-86-44-24-25-45-89(86)104(78-38-20-11-21-39-78)91-61-82(62-92(105)96(91)101)103(79-56-50-68(51-57-79)66-28-12-7-13-29-66)80-40-26-33-71(59-80)67-30-14-8-15-31-67/h11,20-21,24-27,33,38-42,44-49,52-55,59,64-68,72-73,76-77,79,81-82,85,88,91-96H,7-10,12-19,22-23,28-32,34-37,43,50-51,56-58,60-63H2,1-6H3. The number of thioether (sulfide) groups is 1. The van der Waals surface area contributed by atoms with Gasteiger partial charge in [-0.3, -0.25) is 4.90 Å². The summed E-state index contributed by atoms with van der Waals surface area (Å²) in [5.74, 6) is 6.70. The molecule has 0 N–H and O–H groups in total. The fraction of sp³-hybridized carbons (Fsp3) is 0.596. The van der Waals surface area contributed by atoms with Crippen molar-refractivity contribution in [3.63, 3.8) is 0 Å². The van der Waals surface area contributed by atoms with Gasteiger partial charge in [0.2, 0.25) is 6.71 Å². The van der Waals surface area contributed by atoms with Crippen LogP contribution in [0.3, 0.4) is 0 Å². The zero-order chi connectivity index (χ0) is 71.4. The largest absolute Gasteiger partial charge is 0.365 e. The van der Waals surface area contributed by atoms with Crippen molar-refractivity contribution >= 4 is 53.4 Å². The summed E-state index contributed by atoms with van der Waals surface area (Å²) in [6.45, 7) is 15.4. The van der Waals surface area contributed by atoms with Crippen LogP contribution in [0, 0.1) is 23.7 Å². The molecule has 12 unspecified atom stereocenters. The maximum absolute atomic E-state index is 3.36. The summed E-state index contributed by atoms with van der Waals surface area (Å²) in [4.78, 5) is 12.8. The van der Waals surface area contributed by atoms with Crippen molar-refractivity contribution in [1.82, 2.24) is 4.90 Å². The van der Waals surface area contributed by atoms with Crippen molar-refractivity contribution < 1.29 is 0 Å². The van der Waals surface area contributed by atoms with E-state index >= 15 is 0 Å². The van der Waals surface area contributed by atoms with Crippen LogP contribution in [-0.4, -0.2) is 71.1 Å². The third-order valence-electron chi connectivity index (χ3n) is 31.7. The fourth-order valence-electron chi connectivity index (χ4n) is 27.0. The lowest BCUT2D eigenvalue weighted by molar-refractivity contribution is 0.00784. The monoisotopic (exact) mass is 1430 g/mol. The molecule has 4 aliphatic heterocycles. The van der Waals surface area contributed by atoms with Gasteiger partial charge in [0.05, 0.1) is 5.69 Å². The first kappa shape index (κ1) is 71.0. The Bertz CT molecular complexity index is 4000. The maximum atomic E-state index is 3.36. The third-order valence-corrected chi connectivity index (χ3v) is 33.4. The van der Waals surface area contributed by atoms with Crippen molar-refractivity contribution in [2.75, 3.05) is 14.7 Å². The minimum Gasteiger partial charge on any atom is -0.365 e. The van der Waals surface area contributed by atoms with Gasteiger partial charge in [-0.05, 0) is 218 Å². The molecule has 19 rings (SSSR count). The van der Waals surface area contributed by atoms with E-state index in [2.05, 4.69) is 231 Å². The molecular formula is C99H128B2N4S. The van der Waals surface area contributed by atoms with Crippen LogP contribution in [-0.2, 0) is 10.8 Å². The molecule has 106 heavy (non-hydrogen) atoms. The summed E-state index contributed by atoms with van der Waals surface area (Å²) in [7, 11) is 0. The van der Waals surface area contributed by atoms with Gasteiger partial charge in [-0.2, -0.15) is 11.8 Å². The Morgan fingerprint density at radius 1 is 0.425 bits per heavy atom. The van der Waals surface area contributed by atoms with Crippen molar-refractivity contribution in [1.29, 1.82) is 0 Å². The lowest BCUT2D eigenvalue weighted by atomic mass is 9.18. The molecule has 6 aromatic rings. The van der Waals surface area contributed by atoms with E-state index in [0.29, 0.717) is 40.1 Å². The number of hydrogen-bond donors (Lipinski definition) is 0. The molecule has 4 heterocycles. The highest BCUT2D eigenvalue weighted by Gasteiger charge is 2.64. The number of fused-ring (bicyclic) bond motifs is 8. The first-order valence-electron chi connectivity index (χ1n) is 44.7. The molecule has 3 saturated heterocycles. The minimum absolute atomic E-state index is 0.0447. The van der Waals surface area contributed by atoms with E-state index in [9.17, 15) is 0 Å². The molecule has 556 valence electrons. The van der Waals surface area contributed by atoms with Gasteiger partial charge < -0.3 is 14.7 Å². The first-order chi connectivity index (χ1) is 51.8. The van der Waals surface area contributed by atoms with Crippen molar-refractivity contribution in [3.05, 3.63) is 186 Å². The van der Waals surface area contributed by atoms with E-state index in [1.165, 1.54) is 255 Å². The highest BCUT2D eigenvalue weighted by Crippen LogP contribution is 2.68. The van der Waals surface area contributed by atoms with Crippen LogP contribution in [0.25, 0.3) is 22.3 Å². The van der Waals surface area contributed by atoms with E-state index in [1.54, 1.807) is 22.2 Å².